The Kier molecular flexibility index (Phi) is 7.85. The molecule has 1 aliphatic rings. The van der Waals surface area contributed by atoms with E-state index in [9.17, 15) is 17.6 Å². The van der Waals surface area contributed by atoms with Gasteiger partial charge in [0.1, 0.15) is 18.5 Å². The Labute approximate surface area is 156 Å². The third kappa shape index (κ3) is 7.34. The molecule has 0 aliphatic carbocycles. The minimum absolute atomic E-state index is 0.0151. The van der Waals surface area contributed by atoms with E-state index in [0.717, 1.165) is 5.56 Å². The van der Waals surface area contributed by atoms with Crippen LogP contribution in [-0.2, 0) is 9.47 Å². The van der Waals surface area contributed by atoms with Crippen molar-refractivity contribution in [2.24, 2.45) is 4.99 Å². The van der Waals surface area contributed by atoms with E-state index < -0.39 is 12.8 Å². The van der Waals surface area contributed by atoms with E-state index in [0.29, 0.717) is 32.0 Å². The lowest BCUT2D eigenvalue weighted by Crippen LogP contribution is -2.50. The molecule has 1 fully saturated rings. The van der Waals surface area contributed by atoms with Crippen LogP contribution in [0.3, 0.4) is 0 Å². The van der Waals surface area contributed by atoms with Crippen molar-refractivity contribution < 1.29 is 27.0 Å². The van der Waals surface area contributed by atoms with Crippen molar-refractivity contribution in [3.63, 3.8) is 0 Å². The Morgan fingerprint density at radius 1 is 1.30 bits per heavy atom. The average Bonchev–Trinajstić information content (AvgIpc) is 2.60. The van der Waals surface area contributed by atoms with Gasteiger partial charge in [-0.15, -0.1) is 0 Å². The molecule has 0 spiro atoms. The zero-order chi connectivity index (χ0) is 19.9. The molecule has 2 atom stereocenters. The number of rotatable bonds is 6. The van der Waals surface area contributed by atoms with E-state index >= 15 is 0 Å². The maximum Gasteiger partial charge on any atom is 0.411 e. The Bertz CT molecular complexity index is 608. The molecular weight excluding hydrogens is 366 g/mol. The Morgan fingerprint density at radius 3 is 2.63 bits per heavy atom. The maximum atomic E-state index is 13.1. The van der Waals surface area contributed by atoms with Crippen LogP contribution in [-0.4, -0.2) is 63.0 Å². The molecule has 1 aromatic carbocycles. The van der Waals surface area contributed by atoms with E-state index in [2.05, 4.69) is 15.0 Å². The molecule has 9 heteroatoms. The maximum absolute atomic E-state index is 13.1. The van der Waals surface area contributed by atoms with Gasteiger partial charge in [-0.3, -0.25) is 4.99 Å². The first-order valence-electron chi connectivity index (χ1n) is 8.79. The van der Waals surface area contributed by atoms with Crippen molar-refractivity contribution in [2.75, 3.05) is 39.9 Å². The number of ether oxygens (including phenoxy) is 2. The summed E-state index contributed by atoms with van der Waals surface area (Å²) in [6.45, 7) is 2.34. The SMILES string of the molecule is CN=C(NCCCOCC(F)(F)F)N1CC(C)OC(c2ccc(F)cc2)C1. The smallest absolute Gasteiger partial charge is 0.372 e. The van der Waals surface area contributed by atoms with Crippen molar-refractivity contribution >= 4 is 5.96 Å². The lowest BCUT2D eigenvalue weighted by Gasteiger charge is -2.38. The van der Waals surface area contributed by atoms with Crippen molar-refractivity contribution in [3.05, 3.63) is 35.6 Å². The van der Waals surface area contributed by atoms with Gasteiger partial charge in [0.15, 0.2) is 5.96 Å². The van der Waals surface area contributed by atoms with Crippen LogP contribution < -0.4 is 5.32 Å². The first-order chi connectivity index (χ1) is 12.8. The lowest BCUT2D eigenvalue weighted by molar-refractivity contribution is -0.173. The summed E-state index contributed by atoms with van der Waals surface area (Å²) in [6.07, 6.45) is -4.15. The van der Waals surface area contributed by atoms with Gasteiger partial charge in [0.05, 0.1) is 12.6 Å². The van der Waals surface area contributed by atoms with Gasteiger partial charge in [-0.2, -0.15) is 13.2 Å². The van der Waals surface area contributed by atoms with E-state index in [4.69, 9.17) is 4.74 Å². The number of hydrogen-bond donors (Lipinski definition) is 1. The Balaban J connectivity index is 1.83. The van der Waals surface area contributed by atoms with Crippen LogP contribution >= 0.6 is 0 Å². The van der Waals surface area contributed by atoms with Crippen LogP contribution in [0.2, 0.25) is 0 Å². The molecule has 0 radical (unpaired) electrons. The van der Waals surface area contributed by atoms with Gasteiger partial charge in [-0.1, -0.05) is 12.1 Å². The quantitative estimate of drug-likeness (QED) is 0.350. The second kappa shape index (κ2) is 9.89. The number of guanidine groups is 1. The van der Waals surface area contributed by atoms with Crippen LogP contribution in [0.1, 0.15) is 25.0 Å². The molecule has 1 N–H and O–H groups in total. The van der Waals surface area contributed by atoms with Gasteiger partial charge in [-0.25, -0.2) is 4.39 Å². The third-order valence-corrected chi connectivity index (χ3v) is 4.03. The van der Waals surface area contributed by atoms with E-state index in [1.54, 1.807) is 19.2 Å². The number of halogens is 4. The number of aliphatic imine (C=N–C) groups is 1. The predicted octanol–water partition coefficient (Wildman–Crippen LogP) is 3.13. The van der Waals surface area contributed by atoms with Crippen LogP contribution in [0.4, 0.5) is 17.6 Å². The molecule has 0 amide bonds. The van der Waals surface area contributed by atoms with Gasteiger partial charge in [-0.05, 0) is 31.0 Å². The molecule has 2 rings (SSSR count). The molecule has 1 aliphatic heterocycles. The summed E-state index contributed by atoms with van der Waals surface area (Å²) in [5.74, 6) is 0.345. The summed E-state index contributed by atoms with van der Waals surface area (Å²) in [4.78, 5) is 6.27. The normalized spacial score (nSPS) is 21.4. The largest absolute Gasteiger partial charge is 0.411 e. The molecule has 1 saturated heterocycles. The highest BCUT2D eigenvalue weighted by molar-refractivity contribution is 5.80. The summed E-state index contributed by atoms with van der Waals surface area (Å²) in [7, 11) is 1.65. The third-order valence-electron chi connectivity index (χ3n) is 4.03. The number of hydrogen-bond acceptors (Lipinski definition) is 3. The van der Waals surface area contributed by atoms with E-state index in [1.807, 2.05) is 11.8 Å². The van der Waals surface area contributed by atoms with Crippen molar-refractivity contribution in [1.29, 1.82) is 0 Å². The molecule has 1 heterocycles. The Morgan fingerprint density at radius 2 is 2.00 bits per heavy atom. The highest BCUT2D eigenvalue weighted by atomic mass is 19.4. The van der Waals surface area contributed by atoms with Crippen molar-refractivity contribution in [3.8, 4) is 0 Å². The predicted molar refractivity (Wildman–Crippen MR) is 94.1 cm³/mol. The minimum atomic E-state index is -4.30. The molecule has 0 bridgehead atoms. The number of nitrogens with one attached hydrogen (secondary N) is 1. The highest BCUT2D eigenvalue weighted by Gasteiger charge is 2.29. The van der Waals surface area contributed by atoms with Crippen LogP contribution in [0.5, 0.6) is 0 Å². The second-order valence-corrected chi connectivity index (χ2v) is 6.39. The fourth-order valence-corrected chi connectivity index (χ4v) is 2.88. The standard InChI is InChI=1S/C18H25F4N3O2/c1-13-10-25(11-16(27-13)14-4-6-15(19)7-5-14)17(23-2)24-8-3-9-26-12-18(20,21)22/h4-7,13,16H,3,8-12H2,1-2H3,(H,23,24). The second-order valence-electron chi connectivity index (χ2n) is 6.39. The molecule has 27 heavy (non-hydrogen) atoms. The van der Waals surface area contributed by atoms with Gasteiger partial charge in [0, 0.05) is 26.7 Å². The van der Waals surface area contributed by atoms with Crippen LogP contribution in [0.25, 0.3) is 0 Å². The summed E-state index contributed by atoms with van der Waals surface area (Å²) in [5.41, 5.74) is 0.879. The van der Waals surface area contributed by atoms with Gasteiger partial charge < -0.3 is 19.7 Å². The lowest BCUT2D eigenvalue weighted by atomic mass is 10.1. The van der Waals surface area contributed by atoms with Gasteiger partial charge >= 0.3 is 6.18 Å². The summed E-state index contributed by atoms with van der Waals surface area (Å²) >= 11 is 0. The summed E-state index contributed by atoms with van der Waals surface area (Å²) < 4.78 is 59.8. The van der Waals surface area contributed by atoms with Gasteiger partial charge in [0.2, 0.25) is 0 Å². The van der Waals surface area contributed by atoms with E-state index in [1.165, 1.54) is 12.1 Å². The molecule has 5 nitrogen and oxygen atoms in total. The average molecular weight is 391 g/mol. The first-order valence-corrected chi connectivity index (χ1v) is 8.79. The topological polar surface area (TPSA) is 46.1 Å². The molecule has 0 aromatic heterocycles. The molecular formula is C18H25F4N3O2. The minimum Gasteiger partial charge on any atom is -0.372 e. The number of benzene rings is 1. The van der Waals surface area contributed by atoms with E-state index in [-0.39, 0.29) is 24.6 Å². The zero-order valence-electron chi connectivity index (χ0n) is 15.4. The first kappa shape index (κ1) is 21.4. The number of alkyl halides is 3. The monoisotopic (exact) mass is 391 g/mol. The fourth-order valence-electron chi connectivity index (χ4n) is 2.88. The molecule has 1 aromatic rings. The summed E-state index contributed by atoms with van der Waals surface area (Å²) in [5, 5.41) is 3.14. The number of nitrogens with zero attached hydrogens (tertiary/aromatic N) is 2. The molecule has 2 unspecified atom stereocenters. The zero-order valence-corrected chi connectivity index (χ0v) is 15.4. The fraction of sp³-hybridized carbons (Fsp3) is 0.611. The Hall–Kier alpha value is -1.87. The van der Waals surface area contributed by atoms with Crippen molar-refractivity contribution in [2.45, 2.75) is 31.7 Å². The van der Waals surface area contributed by atoms with Gasteiger partial charge in [0.25, 0.3) is 0 Å². The van der Waals surface area contributed by atoms with Crippen LogP contribution in [0, 0.1) is 5.82 Å². The molecule has 0 saturated carbocycles. The van der Waals surface area contributed by atoms with Crippen LogP contribution in [0.15, 0.2) is 29.3 Å². The highest BCUT2D eigenvalue weighted by Crippen LogP contribution is 2.25. The number of morpholine rings is 1. The molecule has 152 valence electrons. The summed E-state index contributed by atoms with van der Waals surface area (Å²) in [6, 6.07) is 6.20. The van der Waals surface area contributed by atoms with Crippen molar-refractivity contribution in [1.82, 2.24) is 10.2 Å².